The van der Waals surface area contributed by atoms with E-state index < -0.39 is 0 Å². The van der Waals surface area contributed by atoms with Crippen molar-refractivity contribution in [1.82, 2.24) is 10.2 Å². The molecule has 122 valence electrons. The molecular formula is C17H27N3O2. The molecule has 22 heavy (non-hydrogen) atoms. The van der Waals surface area contributed by atoms with Crippen LogP contribution in [0.25, 0.3) is 0 Å². The molecule has 5 heteroatoms. The second-order valence-electron chi connectivity index (χ2n) is 5.73. The maximum atomic E-state index is 12.7. The summed E-state index contributed by atoms with van der Waals surface area (Å²) in [6, 6.07) is 9.32. The van der Waals surface area contributed by atoms with Crippen LogP contribution in [0.2, 0.25) is 0 Å². The molecule has 0 saturated heterocycles. The predicted octanol–water partition coefficient (Wildman–Crippen LogP) is 1.88. The van der Waals surface area contributed by atoms with Gasteiger partial charge in [-0.2, -0.15) is 0 Å². The van der Waals surface area contributed by atoms with E-state index in [4.69, 9.17) is 0 Å². The summed E-state index contributed by atoms with van der Waals surface area (Å²) in [5, 5.41) is 2.84. The van der Waals surface area contributed by atoms with Crippen LogP contribution in [-0.2, 0) is 9.59 Å². The molecule has 0 unspecified atom stereocenters. The van der Waals surface area contributed by atoms with Crippen molar-refractivity contribution in [1.29, 1.82) is 0 Å². The quantitative estimate of drug-likeness (QED) is 0.837. The molecule has 0 bridgehead atoms. The number of rotatable bonds is 7. The zero-order valence-electron chi connectivity index (χ0n) is 14.2. The Balaban J connectivity index is 2.72. The van der Waals surface area contributed by atoms with Crippen LogP contribution < -0.4 is 10.2 Å². The molecule has 1 aromatic rings. The Morgan fingerprint density at radius 2 is 1.73 bits per heavy atom. The van der Waals surface area contributed by atoms with Crippen molar-refractivity contribution < 1.29 is 9.59 Å². The summed E-state index contributed by atoms with van der Waals surface area (Å²) in [7, 11) is 1.79. The van der Waals surface area contributed by atoms with E-state index in [9.17, 15) is 9.59 Å². The van der Waals surface area contributed by atoms with Crippen LogP contribution in [0.5, 0.6) is 0 Å². The van der Waals surface area contributed by atoms with E-state index >= 15 is 0 Å². The number of anilines is 1. The van der Waals surface area contributed by atoms with Crippen LogP contribution in [0, 0.1) is 0 Å². The van der Waals surface area contributed by atoms with Crippen LogP contribution in [0.15, 0.2) is 30.3 Å². The number of carbonyl (C=O) groups excluding carboxylic acids is 2. The molecule has 0 spiro atoms. The lowest BCUT2D eigenvalue weighted by Crippen LogP contribution is -2.49. The summed E-state index contributed by atoms with van der Waals surface area (Å²) in [6.45, 7) is 8.41. The highest BCUT2D eigenvalue weighted by Gasteiger charge is 2.25. The van der Waals surface area contributed by atoms with Gasteiger partial charge in [0.1, 0.15) is 0 Å². The minimum absolute atomic E-state index is 0.00598. The standard InChI is InChI=1S/C17H27N3O2/c1-6-20(15-10-8-7-9-11-15)17(22)14(4)19(5)12-16(21)18-13(2)3/h7-11,13-14H,6,12H2,1-5H3,(H,18,21)/t14-/m1/s1. The number of nitrogens with one attached hydrogen (secondary N) is 1. The summed E-state index contributed by atoms with van der Waals surface area (Å²) in [6.07, 6.45) is 0. The van der Waals surface area contributed by atoms with E-state index in [2.05, 4.69) is 5.32 Å². The van der Waals surface area contributed by atoms with Crippen molar-refractivity contribution >= 4 is 17.5 Å². The monoisotopic (exact) mass is 305 g/mol. The Morgan fingerprint density at radius 1 is 1.14 bits per heavy atom. The average molecular weight is 305 g/mol. The number of likely N-dealkylation sites (N-methyl/N-ethyl adjacent to an activating group) is 2. The first-order valence-corrected chi connectivity index (χ1v) is 7.72. The van der Waals surface area contributed by atoms with Crippen LogP contribution >= 0.6 is 0 Å². The zero-order chi connectivity index (χ0) is 16.7. The van der Waals surface area contributed by atoms with Crippen molar-refractivity contribution in [3.05, 3.63) is 30.3 Å². The lowest BCUT2D eigenvalue weighted by atomic mass is 10.2. The molecule has 1 N–H and O–H groups in total. The summed E-state index contributed by atoms with van der Waals surface area (Å²) >= 11 is 0. The van der Waals surface area contributed by atoms with Gasteiger partial charge in [-0.1, -0.05) is 18.2 Å². The SMILES string of the molecule is CCN(C(=O)[C@@H](C)N(C)CC(=O)NC(C)C)c1ccccc1. The lowest BCUT2D eigenvalue weighted by Gasteiger charge is -2.29. The number of amides is 2. The van der Waals surface area contributed by atoms with Gasteiger partial charge < -0.3 is 10.2 Å². The van der Waals surface area contributed by atoms with E-state index in [1.807, 2.05) is 58.0 Å². The largest absolute Gasteiger partial charge is 0.353 e. The Labute approximate surface area is 133 Å². The van der Waals surface area contributed by atoms with Gasteiger partial charge in [0.05, 0.1) is 12.6 Å². The number of hydrogen-bond acceptors (Lipinski definition) is 3. The van der Waals surface area contributed by atoms with Gasteiger partial charge in [-0.25, -0.2) is 0 Å². The maximum absolute atomic E-state index is 12.7. The predicted molar refractivity (Wildman–Crippen MR) is 89.8 cm³/mol. The van der Waals surface area contributed by atoms with E-state index in [1.54, 1.807) is 16.8 Å². The topological polar surface area (TPSA) is 52.7 Å². The maximum Gasteiger partial charge on any atom is 0.244 e. The molecule has 0 aromatic heterocycles. The Bertz CT molecular complexity index is 488. The van der Waals surface area contributed by atoms with Gasteiger partial charge in [0.2, 0.25) is 11.8 Å². The second-order valence-corrected chi connectivity index (χ2v) is 5.73. The molecular weight excluding hydrogens is 278 g/mol. The van der Waals surface area contributed by atoms with Crippen molar-refractivity contribution in [3.8, 4) is 0 Å². The highest BCUT2D eigenvalue weighted by Crippen LogP contribution is 2.15. The average Bonchev–Trinajstić information content (AvgIpc) is 2.47. The molecule has 1 aromatic carbocycles. The molecule has 0 aliphatic rings. The molecule has 0 aliphatic carbocycles. The van der Waals surface area contributed by atoms with E-state index in [1.165, 1.54) is 0 Å². The number of hydrogen-bond donors (Lipinski definition) is 1. The minimum Gasteiger partial charge on any atom is -0.353 e. The van der Waals surface area contributed by atoms with Gasteiger partial charge in [-0.15, -0.1) is 0 Å². The van der Waals surface area contributed by atoms with Gasteiger partial charge >= 0.3 is 0 Å². The molecule has 1 atom stereocenters. The van der Waals surface area contributed by atoms with Crippen molar-refractivity contribution in [2.75, 3.05) is 25.0 Å². The first-order chi connectivity index (χ1) is 10.4. The van der Waals surface area contributed by atoms with Crippen molar-refractivity contribution in [2.45, 2.75) is 39.8 Å². The molecule has 0 heterocycles. The molecule has 5 nitrogen and oxygen atoms in total. The van der Waals surface area contributed by atoms with Crippen LogP contribution in [0.4, 0.5) is 5.69 Å². The summed E-state index contributed by atoms with van der Waals surface area (Å²) in [5.74, 6) is -0.0755. The Kier molecular flexibility index (Phi) is 7.05. The molecule has 0 aliphatic heterocycles. The van der Waals surface area contributed by atoms with Gasteiger partial charge in [0.25, 0.3) is 0 Å². The minimum atomic E-state index is -0.363. The molecule has 0 radical (unpaired) electrons. The zero-order valence-corrected chi connectivity index (χ0v) is 14.2. The highest BCUT2D eigenvalue weighted by atomic mass is 16.2. The van der Waals surface area contributed by atoms with E-state index in [0.717, 1.165) is 5.69 Å². The Hall–Kier alpha value is -1.88. The highest BCUT2D eigenvalue weighted by molar-refractivity contribution is 5.97. The third kappa shape index (κ3) is 5.15. The lowest BCUT2D eigenvalue weighted by molar-refractivity contribution is -0.126. The van der Waals surface area contributed by atoms with Gasteiger partial charge in [-0.05, 0) is 46.9 Å². The first-order valence-electron chi connectivity index (χ1n) is 7.72. The van der Waals surface area contributed by atoms with Crippen LogP contribution in [0.3, 0.4) is 0 Å². The van der Waals surface area contributed by atoms with Gasteiger partial charge in [-0.3, -0.25) is 14.5 Å². The van der Waals surface area contributed by atoms with Crippen LogP contribution in [-0.4, -0.2) is 48.9 Å². The van der Waals surface area contributed by atoms with Gasteiger partial charge in [0, 0.05) is 18.3 Å². The van der Waals surface area contributed by atoms with Crippen LogP contribution in [0.1, 0.15) is 27.7 Å². The third-order valence-electron chi connectivity index (χ3n) is 3.51. The third-order valence-corrected chi connectivity index (χ3v) is 3.51. The van der Waals surface area contributed by atoms with Gasteiger partial charge in [0.15, 0.2) is 0 Å². The summed E-state index contributed by atoms with van der Waals surface area (Å²) in [4.78, 5) is 28.0. The number of nitrogens with zero attached hydrogens (tertiary/aromatic N) is 2. The first kappa shape index (κ1) is 18.2. The number of carbonyl (C=O) groups is 2. The molecule has 1 rings (SSSR count). The molecule has 0 saturated carbocycles. The fourth-order valence-corrected chi connectivity index (χ4v) is 2.22. The number of para-hydroxylation sites is 1. The van der Waals surface area contributed by atoms with Crippen molar-refractivity contribution in [2.24, 2.45) is 0 Å². The number of benzene rings is 1. The van der Waals surface area contributed by atoms with Crippen molar-refractivity contribution in [3.63, 3.8) is 0 Å². The summed E-state index contributed by atoms with van der Waals surface area (Å²) < 4.78 is 0. The molecule has 2 amide bonds. The fourth-order valence-electron chi connectivity index (χ4n) is 2.22. The van der Waals surface area contributed by atoms with E-state index in [0.29, 0.717) is 6.54 Å². The van der Waals surface area contributed by atoms with E-state index in [-0.39, 0.29) is 30.4 Å². The molecule has 0 fully saturated rings. The fraction of sp³-hybridized carbons (Fsp3) is 0.529. The Morgan fingerprint density at radius 3 is 2.23 bits per heavy atom. The second kappa shape index (κ2) is 8.54. The summed E-state index contributed by atoms with van der Waals surface area (Å²) in [5.41, 5.74) is 0.877. The normalized spacial score (nSPS) is 12.3. The smallest absolute Gasteiger partial charge is 0.244 e.